The van der Waals surface area contributed by atoms with Crippen LogP contribution in [0.5, 0.6) is 0 Å². The van der Waals surface area contributed by atoms with Crippen molar-refractivity contribution in [2.24, 2.45) is 10.9 Å². The van der Waals surface area contributed by atoms with Gasteiger partial charge in [0.15, 0.2) is 0 Å². The largest absolute Gasteiger partial charge is 0.329 e. The molecule has 0 atom stereocenters. The monoisotopic (exact) mass is 300 g/mol. The number of rotatable bonds is 3. The van der Waals surface area contributed by atoms with Crippen LogP contribution in [0.3, 0.4) is 0 Å². The minimum Gasteiger partial charge on any atom is -0.323 e. The third kappa shape index (κ3) is 3.53. The zero-order valence-electron chi connectivity index (χ0n) is 13.0. The van der Waals surface area contributed by atoms with Crippen molar-refractivity contribution in [2.75, 3.05) is 0 Å². The fraction of sp³-hybridized carbons (Fsp3) is 0.333. The maximum Gasteiger partial charge on any atom is 0.329 e. The van der Waals surface area contributed by atoms with Crippen LogP contribution in [0, 0.1) is 23.7 Å². The number of nitrogens with two attached hydrogens (primary N) is 1. The molecular formula is C15H20N6O. The van der Waals surface area contributed by atoms with Crippen LogP contribution in [0.4, 0.5) is 0 Å². The van der Waals surface area contributed by atoms with Gasteiger partial charge in [-0.25, -0.2) is 15.3 Å². The highest BCUT2D eigenvalue weighted by atomic mass is 16.1. The van der Waals surface area contributed by atoms with Crippen LogP contribution < -0.4 is 11.5 Å². The molecule has 0 aliphatic carbocycles. The third-order valence-corrected chi connectivity index (χ3v) is 3.04. The second-order valence-corrected chi connectivity index (χ2v) is 4.52. The highest BCUT2D eigenvalue weighted by Gasteiger charge is 2.14. The van der Waals surface area contributed by atoms with Gasteiger partial charge in [-0.2, -0.15) is 5.10 Å². The second kappa shape index (κ2) is 8.98. The van der Waals surface area contributed by atoms with Gasteiger partial charge in [0.25, 0.3) is 0 Å². The van der Waals surface area contributed by atoms with Crippen LogP contribution in [0.1, 0.15) is 32.4 Å². The van der Waals surface area contributed by atoms with Crippen molar-refractivity contribution >= 4 is 17.2 Å². The summed E-state index contributed by atoms with van der Waals surface area (Å²) >= 11 is 0. The van der Waals surface area contributed by atoms with Crippen LogP contribution in [0.25, 0.3) is 11.0 Å². The fourth-order valence-electron chi connectivity index (χ4n) is 2.27. The van der Waals surface area contributed by atoms with Crippen molar-refractivity contribution in [1.29, 1.82) is 10.5 Å². The minimum atomic E-state index is 0.0318. The predicted molar refractivity (Wildman–Crippen MR) is 87.4 cm³/mol. The van der Waals surface area contributed by atoms with E-state index in [1.807, 2.05) is 39.0 Å². The molecule has 2 N–H and O–H groups in total. The topological polar surface area (TPSA) is 113 Å². The summed E-state index contributed by atoms with van der Waals surface area (Å²) in [5.74, 6) is 5.16. The van der Waals surface area contributed by atoms with Crippen LogP contribution in [-0.4, -0.2) is 15.3 Å². The molecule has 0 aliphatic heterocycles. The van der Waals surface area contributed by atoms with Gasteiger partial charge in [0.1, 0.15) is 0 Å². The Hall–Kier alpha value is -3.06. The Morgan fingerprint density at radius 1 is 1.27 bits per heavy atom. The Bertz CT molecular complexity index is 727. The Labute approximate surface area is 129 Å². The molecule has 0 unspecified atom stereocenters. The Morgan fingerprint density at radius 3 is 2.32 bits per heavy atom. The quantitative estimate of drug-likeness (QED) is 0.530. The molecule has 7 heteroatoms. The van der Waals surface area contributed by atoms with Crippen molar-refractivity contribution in [3.8, 4) is 13.1 Å². The summed E-state index contributed by atoms with van der Waals surface area (Å²) in [6.07, 6.45) is 1.58. The van der Waals surface area contributed by atoms with E-state index in [2.05, 4.69) is 18.2 Å². The first-order valence-corrected chi connectivity index (χ1v) is 6.59. The highest BCUT2D eigenvalue weighted by Crippen LogP contribution is 2.18. The number of nitrogens with zero attached hydrogens (tertiary/aromatic N) is 5. The molecule has 1 aromatic heterocycles. The van der Waals surface area contributed by atoms with Crippen LogP contribution in [-0.2, 0) is 6.54 Å². The average molecular weight is 300 g/mol. The molecule has 0 aliphatic rings. The molecule has 0 saturated heterocycles. The molecule has 2 aromatic rings. The molecule has 0 fully saturated rings. The zero-order valence-corrected chi connectivity index (χ0v) is 13.0. The SMILES string of the molecule is C#N.C#N.CCn1c(=O)n(C(C)C)c2cc(C=NN)ccc21. The Morgan fingerprint density at radius 2 is 1.86 bits per heavy atom. The smallest absolute Gasteiger partial charge is 0.323 e. The summed E-state index contributed by atoms with van der Waals surface area (Å²) in [5.41, 5.74) is 2.80. The standard InChI is InChI=1S/C13H18N4O.2CHN/c1-4-16-11-6-5-10(8-15-14)7-12(11)17(9(2)3)13(16)18;2*1-2/h5-9H,4,14H2,1-3H3;2*1H. The lowest BCUT2D eigenvalue weighted by molar-refractivity contribution is 0.571. The normalized spacial score (nSPS) is 10.0. The van der Waals surface area contributed by atoms with E-state index in [9.17, 15) is 4.79 Å². The van der Waals surface area contributed by atoms with Gasteiger partial charge in [0, 0.05) is 25.7 Å². The first-order valence-electron chi connectivity index (χ1n) is 6.59. The van der Waals surface area contributed by atoms with E-state index in [4.69, 9.17) is 16.4 Å². The van der Waals surface area contributed by atoms with E-state index in [-0.39, 0.29) is 11.7 Å². The van der Waals surface area contributed by atoms with Crippen molar-refractivity contribution < 1.29 is 0 Å². The molecule has 1 aromatic carbocycles. The van der Waals surface area contributed by atoms with Gasteiger partial charge in [-0.15, -0.1) is 0 Å². The molecule has 22 heavy (non-hydrogen) atoms. The van der Waals surface area contributed by atoms with Gasteiger partial charge in [0.05, 0.1) is 17.2 Å². The first kappa shape index (κ1) is 18.9. The van der Waals surface area contributed by atoms with Gasteiger partial charge in [0.2, 0.25) is 0 Å². The number of aryl methyl sites for hydroxylation is 1. The van der Waals surface area contributed by atoms with E-state index < -0.39 is 0 Å². The molecular weight excluding hydrogens is 280 g/mol. The number of hydrogen-bond donors (Lipinski definition) is 1. The summed E-state index contributed by atoms with van der Waals surface area (Å²) in [6.45, 7) is 13.6. The summed E-state index contributed by atoms with van der Waals surface area (Å²) in [6, 6.07) is 5.92. The lowest BCUT2D eigenvalue weighted by Crippen LogP contribution is -2.24. The van der Waals surface area contributed by atoms with Crippen LogP contribution in [0.15, 0.2) is 28.1 Å². The molecule has 7 nitrogen and oxygen atoms in total. The number of hydrogen-bond acceptors (Lipinski definition) is 5. The predicted octanol–water partition coefficient (Wildman–Crippen LogP) is 1.98. The van der Waals surface area contributed by atoms with Gasteiger partial charge in [-0.3, -0.25) is 9.13 Å². The third-order valence-electron chi connectivity index (χ3n) is 3.04. The minimum absolute atomic E-state index is 0.0318. The lowest BCUT2D eigenvalue weighted by Gasteiger charge is -2.06. The van der Waals surface area contributed by atoms with E-state index in [1.165, 1.54) is 0 Å². The van der Waals surface area contributed by atoms with Crippen molar-refractivity contribution in [1.82, 2.24) is 9.13 Å². The summed E-state index contributed by atoms with van der Waals surface area (Å²) < 4.78 is 3.57. The molecule has 0 saturated carbocycles. The molecule has 116 valence electrons. The summed E-state index contributed by atoms with van der Waals surface area (Å²) in [5, 5.41) is 16.5. The summed E-state index contributed by atoms with van der Waals surface area (Å²) in [7, 11) is 0. The Balaban J connectivity index is 0.00000102. The van der Waals surface area contributed by atoms with Gasteiger partial charge < -0.3 is 5.84 Å². The molecule has 0 bridgehead atoms. The first-order chi connectivity index (χ1) is 10.6. The van der Waals surface area contributed by atoms with Crippen LogP contribution >= 0.6 is 0 Å². The van der Waals surface area contributed by atoms with Crippen molar-refractivity contribution in [3.05, 3.63) is 34.2 Å². The van der Waals surface area contributed by atoms with E-state index in [1.54, 1.807) is 15.3 Å². The van der Waals surface area contributed by atoms with E-state index >= 15 is 0 Å². The van der Waals surface area contributed by atoms with Gasteiger partial charge in [-0.1, -0.05) is 6.07 Å². The number of benzene rings is 1. The zero-order chi connectivity index (χ0) is 17.3. The highest BCUT2D eigenvalue weighted by molar-refractivity contribution is 5.87. The van der Waals surface area contributed by atoms with Gasteiger partial charge in [-0.05, 0) is 38.5 Å². The second-order valence-electron chi connectivity index (χ2n) is 4.52. The molecule has 1 heterocycles. The average Bonchev–Trinajstić information content (AvgIpc) is 2.82. The van der Waals surface area contributed by atoms with Crippen molar-refractivity contribution in [3.63, 3.8) is 0 Å². The number of fused-ring (bicyclic) bond motifs is 1. The summed E-state index contributed by atoms with van der Waals surface area (Å²) in [4.78, 5) is 12.3. The molecule has 0 radical (unpaired) electrons. The lowest BCUT2D eigenvalue weighted by atomic mass is 10.2. The van der Waals surface area contributed by atoms with Crippen LogP contribution in [0.2, 0.25) is 0 Å². The number of imidazole rings is 1. The molecule has 0 spiro atoms. The number of aromatic nitrogens is 2. The molecule has 2 rings (SSSR count). The van der Waals surface area contributed by atoms with Gasteiger partial charge >= 0.3 is 5.69 Å². The van der Waals surface area contributed by atoms with Crippen molar-refractivity contribution in [2.45, 2.75) is 33.4 Å². The molecule has 0 amide bonds. The van der Waals surface area contributed by atoms with E-state index in [0.29, 0.717) is 6.54 Å². The Kier molecular flexibility index (Phi) is 7.73. The maximum absolute atomic E-state index is 12.3. The number of hydrazone groups is 1. The maximum atomic E-state index is 12.3. The number of nitriles is 2. The fourth-order valence-corrected chi connectivity index (χ4v) is 2.27. The van der Waals surface area contributed by atoms with E-state index in [0.717, 1.165) is 16.6 Å².